The van der Waals surface area contributed by atoms with Crippen molar-refractivity contribution in [2.75, 3.05) is 0 Å². The van der Waals surface area contributed by atoms with Crippen LogP contribution in [-0.2, 0) is 11.8 Å². The van der Waals surface area contributed by atoms with Gasteiger partial charge in [0.25, 0.3) is 0 Å². The summed E-state index contributed by atoms with van der Waals surface area (Å²) in [7, 11) is 0. The van der Waals surface area contributed by atoms with Crippen molar-refractivity contribution >= 4 is 11.6 Å². The molecule has 3 aromatic carbocycles. The molecule has 0 unspecified atom stereocenters. The number of halogens is 3. The second-order valence-electron chi connectivity index (χ2n) is 7.11. The van der Waals surface area contributed by atoms with Gasteiger partial charge in [-0.25, -0.2) is 8.78 Å². The molecule has 0 radical (unpaired) electrons. The highest BCUT2D eigenvalue weighted by Gasteiger charge is 2.42. The van der Waals surface area contributed by atoms with Gasteiger partial charge < -0.3 is 4.74 Å². The molecule has 0 saturated heterocycles. The van der Waals surface area contributed by atoms with Gasteiger partial charge in [-0.2, -0.15) is 0 Å². The van der Waals surface area contributed by atoms with Crippen LogP contribution in [-0.4, -0.2) is 0 Å². The normalized spacial score (nSPS) is 15.3. The Balaban J connectivity index is 1.51. The Labute approximate surface area is 168 Å². The van der Waals surface area contributed by atoms with Crippen LogP contribution in [0.2, 0.25) is 5.02 Å². The Hall–Kier alpha value is -2.65. The molecule has 1 fully saturated rings. The first-order valence-electron chi connectivity index (χ1n) is 9.19. The van der Waals surface area contributed by atoms with Gasteiger partial charge >= 0.3 is 0 Å². The number of hydrogen-bond acceptors (Lipinski definition) is 1. The molecule has 0 N–H and O–H groups in total. The predicted molar refractivity (Wildman–Crippen MR) is 108 cm³/mol. The summed E-state index contributed by atoms with van der Waals surface area (Å²) in [5, 5.41) is 0.668. The average molecular weight is 397 g/mol. The first-order chi connectivity index (χ1) is 13.5. The van der Waals surface area contributed by atoms with Gasteiger partial charge in [0, 0.05) is 16.9 Å². The molecule has 0 amide bonds. The van der Waals surface area contributed by atoms with Crippen molar-refractivity contribution < 1.29 is 13.5 Å². The summed E-state index contributed by atoms with van der Waals surface area (Å²) in [6, 6.07) is 21.0. The first kappa shape index (κ1) is 18.7. The number of benzene rings is 3. The van der Waals surface area contributed by atoms with E-state index in [1.807, 2.05) is 42.5 Å². The van der Waals surface area contributed by atoms with Crippen LogP contribution < -0.4 is 4.74 Å². The van der Waals surface area contributed by atoms with Crippen LogP contribution in [0.25, 0.3) is 0 Å². The van der Waals surface area contributed by atoms with Crippen molar-refractivity contribution in [2.45, 2.75) is 24.7 Å². The van der Waals surface area contributed by atoms with E-state index in [1.165, 1.54) is 6.07 Å². The van der Waals surface area contributed by atoms with Gasteiger partial charge in [0.2, 0.25) is 0 Å². The molecule has 0 heterocycles. The predicted octanol–water partition coefficient (Wildman–Crippen LogP) is 7.40. The molecule has 0 atom stereocenters. The summed E-state index contributed by atoms with van der Waals surface area (Å²) in [4.78, 5) is 0. The Morgan fingerprint density at radius 2 is 1.71 bits per heavy atom. The quantitative estimate of drug-likeness (QED) is 0.421. The topological polar surface area (TPSA) is 9.23 Å². The Morgan fingerprint density at radius 3 is 2.39 bits per heavy atom. The smallest absolute Gasteiger partial charge is 0.165 e. The van der Waals surface area contributed by atoms with Crippen LogP contribution in [0.4, 0.5) is 8.78 Å². The van der Waals surface area contributed by atoms with Gasteiger partial charge in [-0.05, 0) is 66.4 Å². The van der Waals surface area contributed by atoms with Crippen molar-refractivity contribution in [1.82, 2.24) is 0 Å². The molecule has 1 nitrogen and oxygen atoms in total. The number of rotatable bonds is 6. The molecule has 28 heavy (non-hydrogen) atoms. The van der Waals surface area contributed by atoms with Gasteiger partial charge in [-0.15, -0.1) is 0 Å². The van der Waals surface area contributed by atoms with Crippen LogP contribution in [0.15, 0.2) is 84.7 Å². The SMILES string of the molecule is F/C(=C\C1(c2ccc(Cl)cc2)CC1)Cc1ccc(F)c(Oc2ccccc2)c1. The minimum Gasteiger partial charge on any atom is -0.454 e. The second kappa shape index (κ2) is 7.76. The third-order valence-corrected chi connectivity index (χ3v) is 5.23. The van der Waals surface area contributed by atoms with Gasteiger partial charge in [0.05, 0.1) is 0 Å². The first-order valence-corrected chi connectivity index (χ1v) is 9.56. The maximum Gasteiger partial charge on any atom is 0.165 e. The lowest BCUT2D eigenvalue weighted by atomic mass is 9.94. The van der Waals surface area contributed by atoms with E-state index in [1.54, 1.807) is 30.3 Å². The molecular weight excluding hydrogens is 378 g/mol. The van der Waals surface area contributed by atoms with Crippen molar-refractivity contribution in [2.24, 2.45) is 0 Å². The summed E-state index contributed by atoms with van der Waals surface area (Å²) in [5.41, 5.74) is 1.48. The molecule has 0 bridgehead atoms. The number of hydrogen-bond donors (Lipinski definition) is 0. The van der Waals surface area contributed by atoms with Crippen LogP contribution in [0.3, 0.4) is 0 Å². The molecule has 0 aliphatic heterocycles. The highest BCUT2D eigenvalue weighted by molar-refractivity contribution is 6.30. The highest BCUT2D eigenvalue weighted by atomic mass is 35.5. The van der Waals surface area contributed by atoms with E-state index in [4.69, 9.17) is 16.3 Å². The lowest BCUT2D eigenvalue weighted by molar-refractivity contribution is 0.441. The minimum atomic E-state index is -0.475. The van der Waals surface area contributed by atoms with Crippen molar-refractivity contribution in [3.63, 3.8) is 0 Å². The standard InChI is InChI=1S/C24H19ClF2O/c25-19-9-7-18(8-10-19)24(12-13-24)16-20(26)14-17-6-11-22(27)23(15-17)28-21-4-2-1-3-5-21/h1-11,15-16H,12-14H2/b20-16-. The van der Waals surface area contributed by atoms with Crippen LogP contribution in [0, 0.1) is 5.82 Å². The Morgan fingerprint density at radius 1 is 1.00 bits per heavy atom. The average Bonchev–Trinajstić information content (AvgIpc) is 3.46. The molecular formula is C24H19ClF2O. The molecule has 0 spiro atoms. The number of allylic oxidation sites excluding steroid dienone is 2. The third kappa shape index (κ3) is 4.26. The Bertz CT molecular complexity index is 993. The zero-order valence-electron chi connectivity index (χ0n) is 15.2. The summed E-state index contributed by atoms with van der Waals surface area (Å²) in [6.45, 7) is 0. The van der Waals surface area contributed by atoms with Gasteiger partial charge in [0.15, 0.2) is 11.6 Å². The molecule has 142 valence electrons. The molecule has 3 aromatic rings. The molecule has 1 aliphatic carbocycles. The second-order valence-corrected chi connectivity index (χ2v) is 7.55. The minimum absolute atomic E-state index is 0.0929. The summed E-state index contributed by atoms with van der Waals surface area (Å²) >= 11 is 5.95. The van der Waals surface area contributed by atoms with Crippen molar-refractivity contribution in [3.8, 4) is 11.5 Å². The van der Waals surface area contributed by atoms with E-state index in [-0.39, 0.29) is 23.4 Å². The molecule has 4 heteroatoms. The molecule has 1 aliphatic rings. The zero-order valence-corrected chi connectivity index (χ0v) is 15.9. The lowest BCUT2D eigenvalue weighted by Crippen LogP contribution is -2.03. The van der Waals surface area contributed by atoms with E-state index in [0.29, 0.717) is 16.3 Å². The zero-order chi connectivity index (χ0) is 19.6. The molecule has 1 saturated carbocycles. The van der Waals surface area contributed by atoms with Crippen molar-refractivity contribution in [1.29, 1.82) is 0 Å². The van der Waals surface area contributed by atoms with E-state index < -0.39 is 5.82 Å². The largest absolute Gasteiger partial charge is 0.454 e. The number of para-hydroxylation sites is 1. The fourth-order valence-corrected chi connectivity index (χ4v) is 3.46. The van der Waals surface area contributed by atoms with E-state index >= 15 is 0 Å². The summed E-state index contributed by atoms with van der Waals surface area (Å²) in [5.74, 6) is -0.0777. The fourth-order valence-electron chi connectivity index (χ4n) is 3.33. The van der Waals surface area contributed by atoms with Crippen LogP contribution in [0.1, 0.15) is 24.0 Å². The van der Waals surface area contributed by atoms with Gasteiger partial charge in [0.1, 0.15) is 11.6 Å². The molecule has 4 rings (SSSR count). The van der Waals surface area contributed by atoms with Gasteiger partial charge in [-0.3, -0.25) is 0 Å². The van der Waals surface area contributed by atoms with Crippen LogP contribution >= 0.6 is 11.6 Å². The van der Waals surface area contributed by atoms with E-state index in [9.17, 15) is 8.78 Å². The maximum atomic E-state index is 14.7. The highest BCUT2D eigenvalue weighted by Crippen LogP contribution is 2.50. The third-order valence-electron chi connectivity index (χ3n) is 4.98. The fraction of sp³-hybridized carbons (Fsp3) is 0.167. The van der Waals surface area contributed by atoms with Crippen LogP contribution in [0.5, 0.6) is 11.5 Å². The molecule has 0 aromatic heterocycles. The maximum absolute atomic E-state index is 14.7. The Kier molecular flexibility index (Phi) is 5.19. The number of ether oxygens (including phenoxy) is 1. The van der Waals surface area contributed by atoms with Gasteiger partial charge in [-0.1, -0.05) is 48.0 Å². The van der Waals surface area contributed by atoms with E-state index in [0.717, 1.165) is 18.4 Å². The van der Waals surface area contributed by atoms with Crippen molar-refractivity contribution in [3.05, 3.63) is 107 Å². The lowest BCUT2D eigenvalue weighted by Gasteiger charge is -2.12. The summed E-state index contributed by atoms with van der Waals surface area (Å²) in [6.07, 6.45) is 3.61. The summed E-state index contributed by atoms with van der Waals surface area (Å²) < 4.78 is 34.4. The monoisotopic (exact) mass is 396 g/mol. The van der Waals surface area contributed by atoms with E-state index in [2.05, 4.69) is 0 Å².